The zero-order valence-corrected chi connectivity index (χ0v) is 20.3. The molecule has 0 radical (unpaired) electrons. The number of halogens is 3. The first kappa shape index (κ1) is 26.7. The predicted molar refractivity (Wildman–Crippen MR) is 131 cm³/mol. The van der Waals surface area contributed by atoms with Crippen LogP contribution < -0.4 is 14.5 Å². The van der Waals surface area contributed by atoms with Crippen molar-refractivity contribution in [2.24, 2.45) is 5.10 Å². The van der Waals surface area contributed by atoms with E-state index in [0.717, 1.165) is 22.1 Å². The number of aryl methyl sites for hydroxylation is 1. The summed E-state index contributed by atoms with van der Waals surface area (Å²) in [5.74, 6) is -0.351. The number of carbonyl (C=O) groups excluding carboxylic acids is 1. The number of sulfonamides is 1. The van der Waals surface area contributed by atoms with Gasteiger partial charge >= 0.3 is 6.18 Å². The van der Waals surface area contributed by atoms with Gasteiger partial charge in [-0.3, -0.25) is 9.10 Å². The first-order valence-electron chi connectivity index (χ1n) is 10.8. The van der Waals surface area contributed by atoms with Crippen LogP contribution in [0.1, 0.15) is 23.6 Å². The SMILES string of the molecule is CCOc1ccc(S(=O)(=O)N(CC(=O)N/N=C/c2ccccc2C(F)(F)F)c2ccc(C)cc2)cc1. The quantitative estimate of drug-likeness (QED) is 0.326. The zero-order valence-electron chi connectivity index (χ0n) is 19.5. The molecule has 0 heterocycles. The minimum Gasteiger partial charge on any atom is -0.494 e. The number of hydrogen-bond donors (Lipinski definition) is 1. The fraction of sp³-hybridized carbons (Fsp3) is 0.200. The van der Waals surface area contributed by atoms with Crippen molar-refractivity contribution in [1.82, 2.24) is 5.43 Å². The molecule has 0 aliphatic carbocycles. The van der Waals surface area contributed by atoms with Gasteiger partial charge in [-0.15, -0.1) is 0 Å². The zero-order chi connectivity index (χ0) is 26.3. The lowest BCUT2D eigenvalue weighted by Crippen LogP contribution is -2.39. The third kappa shape index (κ3) is 6.63. The molecule has 7 nitrogen and oxygen atoms in total. The van der Waals surface area contributed by atoms with Gasteiger partial charge in [0.05, 0.1) is 29.0 Å². The molecule has 0 fully saturated rings. The smallest absolute Gasteiger partial charge is 0.417 e. The van der Waals surface area contributed by atoms with Crippen LogP contribution in [0.15, 0.2) is 82.8 Å². The summed E-state index contributed by atoms with van der Waals surface area (Å²) in [5, 5.41) is 3.60. The van der Waals surface area contributed by atoms with Crippen LogP contribution in [0.2, 0.25) is 0 Å². The number of ether oxygens (including phenoxy) is 1. The lowest BCUT2D eigenvalue weighted by molar-refractivity contribution is -0.137. The Morgan fingerprint density at radius 3 is 2.28 bits per heavy atom. The first-order chi connectivity index (χ1) is 17.0. The molecule has 3 aromatic carbocycles. The summed E-state index contributed by atoms with van der Waals surface area (Å²) in [6.07, 6.45) is -3.74. The number of rotatable bonds is 9. The van der Waals surface area contributed by atoms with Crippen LogP contribution in [-0.2, 0) is 21.0 Å². The second kappa shape index (κ2) is 11.3. The molecule has 0 unspecified atom stereocenters. The normalized spacial score (nSPS) is 11.9. The maximum absolute atomic E-state index is 13.4. The number of nitrogens with zero attached hydrogens (tertiary/aromatic N) is 2. The monoisotopic (exact) mass is 519 g/mol. The fourth-order valence-electron chi connectivity index (χ4n) is 3.24. The summed E-state index contributed by atoms with van der Waals surface area (Å²) in [7, 11) is -4.18. The Morgan fingerprint density at radius 1 is 1.03 bits per heavy atom. The topological polar surface area (TPSA) is 88.1 Å². The summed E-state index contributed by atoms with van der Waals surface area (Å²) in [4.78, 5) is 12.5. The maximum atomic E-state index is 13.4. The number of hydrogen-bond acceptors (Lipinski definition) is 5. The number of alkyl halides is 3. The van der Waals surface area contributed by atoms with Crippen LogP contribution in [-0.4, -0.2) is 33.7 Å². The van der Waals surface area contributed by atoms with Gasteiger partial charge in [-0.1, -0.05) is 35.9 Å². The summed E-state index contributed by atoms with van der Waals surface area (Å²) >= 11 is 0. The van der Waals surface area contributed by atoms with Crippen molar-refractivity contribution in [3.63, 3.8) is 0 Å². The van der Waals surface area contributed by atoms with Crippen molar-refractivity contribution < 1.29 is 31.1 Å². The lowest BCUT2D eigenvalue weighted by atomic mass is 10.1. The van der Waals surface area contributed by atoms with E-state index in [1.54, 1.807) is 31.2 Å². The largest absolute Gasteiger partial charge is 0.494 e. The number of carbonyl (C=O) groups is 1. The third-order valence-electron chi connectivity index (χ3n) is 4.99. The van der Waals surface area contributed by atoms with Gasteiger partial charge in [-0.05, 0) is 56.3 Å². The van der Waals surface area contributed by atoms with Crippen molar-refractivity contribution in [2.75, 3.05) is 17.5 Å². The molecule has 0 saturated heterocycles. The van der Waals surface area contributed by atoms with E-state index in [4.69, 9.17) is 4.74 Å². The molecule has 1 amide bonds. The summed E-state index contributed by atoms with van der Waals surface area (Å²) < 4.78 is 72.5. The lowest BCUT2D eigenvalue weighted by Gasteiger charge is -2.24. The van der Waals surface area contributed by atoms with Crippen molar-refractivity contribution in [3.05, 3.63) is 89.5 Å². The highest BCUT2D eigenvalue weighted by atomic mass is 32.2. The molecule has 0 bridgehead atoms. The van der Waals surface area contributed by atoms with Gasteiger partial charge < -0.3 is 4.74 Å². The summed E-state index contributed by atoms with van der Waals surface area (Å²) in [6.45, 7) is 3.38. The van der Waals surface area contributed by atoms with E-state index in [-0.39, 0.29) is 16.1 Å². The Hall–Kier alpha value is -3.86. The molecule has 0 atom stereocenters. The van der Waals surface area contributed by atoms with Crippen molar-refractivity contribution in [2.45, 2.75) is 24.9 Å². The number of benzene rings is 3. The molecule has 0 spiro atoms. The number of hydrazone groups is 1. The standard InChI is InChI=1S/C25H24F3N3O4S/c1-3-35-21-12-14-22(15-13-21)36(33,34)31(20-10-8-18(2)9-11-20)17-24(32)30-29-16-19-6-4-5-7-23(19)25(26,27)28/h4-16H,3,17H2,1-2H3,(H,30,32)/b29-16+. The Kier molecular flexibility index (Phi) is 8.36. The van der Waals surface area contributed by atoms with Crippen LogP contribution in [0.3, 0.4) is 0 Å². The number of nitrogens with one attached hydrogen (secondary N) is 1. The highest BCUT2D eigenvalue weighted by Gasteiger charge is 2.32. The van der Waals surface area contributed by atoms with E-state index in [1.165, 1.54) is 42.5 Å². The highest BCUT2D eigenvalue weighted by Crippen LogP contribution is 2.31. The molecule has 11 heteroatoms. The molecule has 3 aromatic rings. The Bertz CT molecular complexity index is 1320. The van der Waals surface area contributed by atoms with Gasteiger partial charge in [0.2, 0.25) is 0 Å². The van der Waals surface area contributed by atoms with Crippen LogP contribution in [0.25, 0.3) is 0 Å². The van der Waals surface area contributed by atoms with Crippen molar-refractivity contribution in [3.8, 4) is 5.75 Å². The number of anilines is 1. The van der Waals surface area contributed by atoms with Crippen LogP contribution in [0.4, 0.5) is 18.9 Å². The summed E-state index contributed by atoms with van der Waals surface area (Å²) in [6, 6.07) is 17.0. The fourth-order valence-corrected chi connectivity index (χ4v) is 4.66. The molecule has 3 rings (SSSR count). The average Bonchev–Trinajstić information content (AvgIpc) is 2.83. The molecule has 0 aliphatic heterocycles. The minimum atomic E-state index is -4.60. The van der Waals surface area contributed by atoms with Gasteiger partial charge in [-0.2, -0.15) is 18.3 Å². The maximum Gasteiger partial charge on any atom is 0.417 e. The molecule has 190 valence electrons. The molecule has 0 aromatic heterocycles. The molecule has 0 saturated carbocycles. The Balaban J connectivity index is 1.84. The summed E-state index contributed by atoms with van der Waals surface area (Å²) in [5.41, 5.74) is 2.06. The second-order valence-corrected chi connectivity index (χ2v) is 9.49. The molecular weight excluding hydrogens is 495 g/mol. The van der Waals surface area contributed by atoms with Gasteiger partial charge in [-0.25, -0.2) is 13.8 Å². The van der Waals surface area contributed by atoms with E-state index in [1.807, 2.05) is 6.92 Å². The van der Waals surface area contributed by atoms with E-state index >= 15 is 0 Å². The highest BCUT2D eigenvalue weighted by molar-refractivity contribution is 7.92. The first-order valence-corrected chi connectivity index (χ1v) is 12.3. The Labute approximate surface area is 207 Å². The van der Waals surface area contributed by atoms with Gasteiger partial charge in [0.15, 0.2) is 0 Å². The Morgan fingerprint density at radius 2 is 1.67 bits per heavy atom. The van der Waals surface area contributed by atoms with Gasteiger partial charge in [0.25, 0.3) is 15.9 Å². The molecule has 1 N–H and O–H groups in total. The van der Waals surface area contributed by atoms with Gasteiger partial charge in [0, 0.05) is 5.56 Å². The molecule has 36 heavy (non-hydrogen) atoms. The molecule has 0 aliphatic rings. The average molecular weight is 520 g/mol. The van der Waals surface area contributed by atoms with E-state index in [0.29, 0.717) is 12.4 Å². The van der Waals surface area contributed by atoms with E-state index in [9.17, 15) is 26.4 Å². The van der Waals surface area contributed by atoms with Crippen molar-refractivity contribution in [1.29, 1.82) is 0 Å². The molecular formula is C25H24F3N3O4S. The van der Waals surface area contributed by atoms with E-state index < -0.39 is 34.2 Å². The van der Waals surface area contributed by atoms with Crippen LogP contribution in [0, 0.1) is 6.92 Å². The van der Waals surface area contributed by atoms with E-state index in [2.05, 4.69) is 10.5 Å². The number of amides is 1. The second-order valence-electron chi connectivity index (χ2n) is 7.63. The third-order valence-corrected chi connectivity index (χ3v) is 6.78. The van der Waals surface area contributed by atoms with Crippen LogP contribution >= 0.6 is 0 Å². The predicted octanol–water partition coefficient (Wildman–Crippen LogP) is 4.76. The van der Waals surface area contributed by atoms with Crippen molar-refractivity contribution >= 4 is 27.8 Å². The minimum absolute atomic E-state index is 0.0677. The van der Waals surface area contributed by atoms with Gasteiger partial charge in [0.1, 0.15) is 12.3 Å². The van der Waals surface area contributed by atoms with Crippen LogP contribution in [0.5, 0.6) is 5.75 Å².